The molecule has 5 rings (SSSR count). The van der Waals surface area contributed by atoms with Crippen LogP contribution >= 0.6 is 11.3 Å². The van der Waals surface area contributed by atoms with Crippen molar-refractivity contribution in [3.63, 3.8) is 0 Å². The number of imidazole rings is 1. The molecule has 0 unspecified atom stereocenters. The third-order valence-electron chi connectivity index (χ3n) is 4.68. The molecule has 148 valence electrons. The van der Waals surface area contributed by atoms with Gasteiger partial charge in [-0.2, -0.15) is 0 Å². The number of hydrogen-bond donors (Lipinski definition) is 0. The molecule has 30 heavy (non-hydrogen) atoms. The number of fused-ring (bicyclic) bond motifs is 2. The number of ether oxygens (including phenoxy) is 3. The standard InChI is InChI=1S/C21H16BN3O4S/c1-26-17-9-15(28-11-12-6-4-3-5-7-12)13-8-16(29-19(13)18(17)22)14-10-25-20(23-14)30-21(24-25)27-2/h3-10H,11H2,1-2H3. The SMILES string of the molecule is [B]c1c(OC)cc(OCc2ccccc2)c2cc(-c3cn4nc(OC)sc4n3)oc12. The van der Waals surface area contributed by atoms with E-state index in [2.05, 4.69) is 10.1 Å². The summed E-state index contributed by atoms with van der Waals surface area (Å²) >= 11 is 1.35. The molecule has 0 atom stereocenters. The Hall–Kier alpha value is -3.46. The van der Waals surface area contributed by atoms with Crippen molar-refractivity contribution in [2.75, 3.05) is 14.2 Å². The van der Waals surface area contributed by atoms with Gasteiger partial charge in [0, 0.05) is 6.07 Å². The maximum Gasteiger partial charge on any atom is 0.294 e. The van der Waals surface area contributed by atoms with Gasteiger partial charge in [-0.1, -0.05) is 30.3 Å². The van der Waals surface area contributed by atoms with E-state index in [0.29, 0.717) is 50.8 Å². The number of hydrogen-bond acceptors (Lipinski definition) is 7. The van der Waals surface area contributed by atoms with Gasteiger partial charge in [-0.05, 0) is 28.4 Å². The topological polar surface area (TPSA) is 71.0 Å². The quantitative estimate of drug-likeness (QED) is 0.394. The minimum atomic E-state index is 0.409. The van der Waals surface area contributed by atoms with Gasteiger partial charge in [-0.25, -0.2) is 9.50 Å². The highest BCUT2D eigenvalue weighted by Crippen LogP contribution is 2.36. The Bertz CT molecular complexity index is 1310. The smallest absolute Gasteiger partial charge is 0.294 e. The lowest BCUT2D eigenvalue weighted by Gasteiger charge is -2.11. The molecule has 0 fully saturated rings. The molecular formula is C21H16BN3O4S. The summed E-state index contributed by atoms with van der Waals surface area (Å²) in [5.41, 5.74) is 2.60. The minimum Gasteiger partial charge on any atom is -0.497 e. The van der Waals surface area contributed by atoms with Gasteiger partial charge >= 0.3 is 0 Å². The second kappa shape index (κ2) is 7.42. The second-order valence-corrected chi connectivity index (χ2v) is 7.46. The fourth-order valence-corrected chi connectivity index (χ4v) is 3.89. The molecule has 5 aromatic rings. The summed E-state index contributed by atoms with van der Waals surface area (Å²) in [6.07, 6.45) is 1.78. The van der Waals surface area contributed by atoms with Crippen molar-refractivity contribution in [2.24, 2.45) is 0 Å². The first-order chi connectivity index (χ1) is 14.7. The predicted molar refractivity (Wildman–Crippen MR) is 115 cm³/mol. The zero-order valence-electron chi connectivity index (χ0n) is 16.3. The summed E-state index contributed by atoms with van der Waals surface area (Å²) in [6, 6.07) is 13.6. The van der Waals surface area contributed by atoms with Crippen molar-refractivity contribution < 1.29 is 18.6 Å². The molecule has 0 N–H and O–H groups in total. The molecule has 7 nitrogen and oxygen atoms in total. The summed E-state index contributed by atoms with van der Waals surface area (Å²) in [7, 11) is 9.40. The van der Waals surface area contributed by atoms with E-state index < -0.39 is 0 Å². The van der Waals surface area contributed by atoms with E-state index in [1.165, 1.54) is 11.3 Å². The number of aromatic nitrogens is 3. The number of nitrogens with zero attached hydrogens (tertiary/aromatic N) is 3. The van der Waals surface area contributed by atoms with Crippen LogP contribution in [0.2, 0.25) is 0 Å². The van der Waals surface area contributed by atoms with E-state index in [1.54, 1.807) is 31.0 Å². The Morgan fingerprint density at radius 1 is 1.10 bits per heavy atom. The van der Waals surface area contributed by atoms with Crippen molar-refractivity contribution in [2.45, 2.75) is 6.61 Å². The van der Waals surface area contributed by atoms with Crippen molar-refractivity contribution in [3.8, 4) is 28.1 Å². The molecule has 3 aromatic heterocycles. The van der Waals surface area contributed by atoms with Gasteiger partial charge in [-0.3, -0.25) is 0 Å². The monoisotopic (exact) mass is 417 g/mol. The number of benzene rings is 2. The van der Waals surface area contributed by atoms with Gasteiger partial charge in [-0.15, -0.1) is 5.10 Å². The molecule has 0 amide bonds. The molecule has 0 saturated heterocycles. The van der Waals surface area contributed by atoms with Crippen LogP contribution < -0.4 is 19.7 Å². The van der Waals surface area contributed by atoms with Gasteiger partial charge < -0.3 is 18.6 Å². The van der Waals surface area contributed by atoms with Gasteiger partial charge in [0.1, 0.15) is 37.2 Å². The van der Waals surface area contributed by atoms with E-state index in [1.807, 2.05) is 36.4 Å². The molecule has 0 aliphatic rings. The van der Waals surface area contributed by atoms with Crippen LogP contribution in [0, 0.1) is 0 Å². The lowest BCUT2D eigenvalue weighted by molar-refractivity contribution is 0.307. The maximum atomic E-state index is 6.26. The Kier molecular flexibility index (Phi) is 4.59. The van der Waals surface area contributed by atoms with Crippen LogP contribution in [-0.2, 0) is 6.61 Å². The Labute approximate surface area is 177 Å². The molecule has 3 heterocycles. The third kappa shape index (κ3) is 3.17. The predicted octanol–water partition coefficient (Wildman–Crippen LogP) is 3.59. The largest absolute Gasteiger partial charge is 0.497 e. The van der Waals surface area contributed by atoms with Crippen LogP contribution in [0.3, 0.4) is 0 Å². The average Bonchev–Trinajstić information content (AvgIpc) is 3.47. The summed E-state index contributed by atoms with van der Waals surface area (Å²) in [5.74, 6) is 1.67. The first-order valence-electron chi connectivity index (χ1n) is 9.13. The fourth-order valence-electron chi connectivity index (χ4n) is 3.19. The molecule has 9 heteroatoms. The molecule has 0 saturated carbocycles. The Morgan fingerprint density at radius 3 is 2.67 bits per heavy atom. The average molecular weight is 417 g/mol. The van der Waals surface area contributed by atoms with Gasteiger partial charge in [0.25, 0.3) is 5.19 Å². The highest BCUT2D eigenvalue weighted by Gasteiger charge is 2.19. The minimum absolute atomic E-state index is 0.409. The van der Waals surface area contributed by atoms with Crippen LogP contribution in [-0.4, -0.2) is 36.7 Å². The van der Waals surface area contributed by atoms with Gasteiger partial charge in [0.15, 0.2) is 5.76 Å². The van der Waals surface area contributed by atoms with Crippen molar-refractivity contribution in [1.29, 1.82) is 0 Å². The van der Waals surface area contributed by atoms with E-state index >= 15 is 0 Å². The maximum absolute atomic E-state index is 6.26. The van der Waals surface area contributed by atoms with E-state index in [-0.39, 0.29) is 0 Å². The molecule has 0 spiro atoms. The number of rotatable bonds is 6. The summed E-state index contributed by atoms with van der Waals surface area (Å²) < 4.78 is 24.4. The number of furan rings is 1. The summed E-state index contributed by atoms with van der Waals surface area (Å²) in [4.78, 5) is 5.28. The molecule has 2 aromatic carbocycles. The van der Waals surface area contributed by atoms with Crippen molar-refractivity contribution >= 4 is 40.6 Å². The van der Waals surface area contributed by atoms with Crippen LogP contribution in [0.5, 0.6) is 16.7 Å². The highest BCUT2D eigenvalue weighted by molar-refractivity contribution is 7.18. The van der Waals surface area contributed by atoms with Gasteiger partial charge in [0.2, 0.25) is 4.96 Å². The molecule has 0 aliphatic heterocycles. The fraction of sp³-hybridized carbons (Fsp3) is 0.143. The van der Waals surface area contributed by atoms with Crippen molar-refractivity contribution in [1.82, 2.24) is 14.6 Å². The lowest BCUT2D eigenvalue weighted by Crippen LogP contribution is -2.09. The van der Waals surface area contributed by atoms with Crippen LogP contribution in [0.1, 0.15) is 5.56 Å². The van der Waals surface area contributed by atoms with Crippen LogP contribution in [0.4, 0.5) is 0 Å². The zero-order valence-corrected chi connectivity index (χ0v) is 17.1. The summed E-state index contributed by atoms with van der Waals surface area (Å²) in [6.45, 7) is 0.410. The molecular weight excluding hydrogens is 401 g/mol. The third-order valence-corrected chi connectivity index (χ3v) is 5.56. The Morgan fingerprint density at radius 2 is 1.93 bits per heavy atom. The second-order valence-electron chi connectivity index (χ2n) is 6.54. The lowest BCUT2D eigenvalue weighted by atomic mass is 9.92. The van der Waals surface area contributed by atoms with Crippen LogP contribution in [0.15, 0.2) is 53.1 Å². The first kappa shape index (κ1) is 18.6. The van der Waals surface area contributed by atoms with E-state index in [4.69, 9.17) is 26.5 Å². The van der Waals surface area contributed by atoms with Crippen molar-refractivity contribution in [3.05, 3.63) is 54.2 Å². The molecule has 0 bridgehead atoms. The number of methoxy groups -OCH3 is 2. The normalized spacial score (nSPS) is 11.3. The van der Waals surface area contributed by atoms with E-state index in [9.17, 15) is 0 Å². The summed E-state index contributed by atoms with van der Waals surface area (Å²) in [5, 5.41) is 5.59. The highest BCUT2D eigenvalue weighted by atomic mass is 32.1. The first-order valence-corrected chi connectivity index (χ1v) is 9.95. The van der Waals surface area contributed by atoms with Gasteiger partial charge in [0.05, 0.1) is 25.8 Å². The van der Waals surface area contributed by atoms with E-state index in [0.717, 1.165) is 10.9 Å². The molecule has 2 radical (unpaired) electrons. The van der Waals surface area contributed by atoms with Crippen LogP contribution in [0.25, 0.3) is 27.4 Å². The zero-order chi connectivity index (χ0) is 20.7. The molecule has 0 aliphatic carbocycles. The Balaban J connectivity index is 1.56.